The highest BCUT2D eigenvalue weighted by atomic mass is 127. The SMILES string of the molecule is COc1cccnc1C(O)c1ccccc1I. The Kier molecular flexibility index (Phi) is 3.96. The van der Waals surface area contributed by atoms with Gasteiger partial charge in [-0.1, -0.05) is 18.2 Å². The van der Waals surface area contributed by atoms with Crippen molar-refractivity contribution in [2.24, 2.45) is 0 Å². The van der Waals surface area contributed by atoms with Gasteiger partial charge in [0, 0.05) is 9.77 Å². The van der Waals surface area contributed by atoms with Gasteiger partial charge in [0.1, 0.15) is 17.5 Å². The molecule has 2 rings (SSSR count). The fourth-order valence-electron chi connectivity index (χ4n) is 1.62. The van der Waals surface area contributed by atoms with Gasteiger partial charge in [-0.25, -0.2) is 0 Å². The maximum absolute atomic E-state index is 10.3. The summed E-state index contributed by atoms with van der Waals surface area (Å²) in [6.45, 7) is 0. The first-order valence-corrected chi connectivity index (χ1v) is 6.23. The van der Waals surface area contributed by atoms with Gasteiger partial charge in [0.15, 0.2) is 0 Å². The number of aliphatic hydroxyl groups is 1. The van der Waals surface area contributed by atoms with Crippen LogP contribution in [0.2, 0.25) is 0 Å². The molecule has 0 radical (unpaired) electrons. The van der Waals surface area contributed by atoms with Crippen molar-refractivity contribution < 1.29 is 9.84 Å². The van der Waals surface area contributed by atoms with E-state index < -0.39 is 6.10 Å². The molecule has 0 saturated heterocycles. The number of benzene rings is 1. The molecule has 88 valence electrons. The van der Waals surface area contributed by atoms with E-state index in [9.17, 15) is 5.11 Å². The van der Waals surface area contributed by atoms with Crippen LogP contribution in [-0.2, 0) is 0 Å². The molecule has 0 aliphatic carbocycles. The molecule has 0 fully saturated rings. The lowest BCUT2D eigenvalue weighted by atomic mass is 10.1. The fourth-order valence-corrected chi connectivity index (χ4v) is 2.31. The molecule has 1 aromatic heterocycles. The minimum atomic E-state index is -0.765. The molecule has 1 unspecified atom stereocenters. The van der Waals surface area contributed by atoms with E-state index in [1.54, 1.807) is 25.4 Å². The number of aliphatic hydroxyl groups excluding tert-OH is 1. The average molecular weight is 341 g/mol. The summed E-state index contributed by atoms with van der Waals surface area (Å²) in [5.41, 5.74) is 1.38. The molecule has 1 aromatic carbocycles. The first kappa shape index (κ1) is 12.3. The van der Waals surface area contributed by atoms with Crippen LogP contribution >= 0.6 is 22.6 Å². The summed E-state index contributed by atoms with van der Waals surface area (Å²) in [4.78, 5) is 4.19. The molecule has 1 atom stereocenters. The highest BCUT2D eigenvalue weighted by Crippen LogP contribution is 2.29. The second-order valence-electron chi connectivity index (χ2n) is 3.51. The van der Waals surface area contributed by atoms with E-state index in [2.05, 4.69) is 27.6 Å². The zero-order chi connectivity index (χ0) is 12.3. The Balaban J connectivity index is 2.44. The number of hydrogen-bond donors (Lipinski definition) is 1. The summed E-state index contributed by atoms with van der Waals surface area (Å²) < 4.78 is 6.21. The third-order valence-electron chi connectivity index (χ3n) is 2.48. The summed E-state index contributed by atoms with van der Waals surface area (Å²) in [5.74, 6) is 0.597. The average Bonchev–Trinajstić information content (AvgIpc) is 2.38. The highest BCUT2D eigenvalue weighted by molar-refractivity contribution is 14.1. The lowest BCUT2D eigenvalue weighted by Crippen LogP contribution is -2.06. The van der Waals surface area contributed by atoms with E-state index >= 15 is 0 Å². The Morgan fingerprint density at radius 1 is 1.24 bits per heavy atom. The number of nitrogens with zero attached hydrogens (tertiary/aromatic N) is 1. The predicted octanol–water partition coefficient (Wildman–Crippen LogP) is 2.78. The number of methoxy groups -OCH3 is 1. The first-order valence-electron chi connectivity index (χ1n) is 5.15. The largest absolute Gasteiger partial charge is 0.495 e. The summed E-state index contributed by atoms with van der Waals surface area (Å²) in [5, 5.41) is 10.3. The van der Waals surface area contributed by atoms with Crippen molar-refractivity contribution in [2.75, 3.05) is 7.11 Å². The second-order valence-corrected chi connectivity index (χ2v) is 4.68. The van der Waals surface area contributed by atoms with Gasteiger partial charge >= 0.3 is 0 Å². The van der Waals surface area contributed by atoms with Gasteiger partial charge in [-0.2, -0.15) is 0 Å². The van der Waals surface area contributed by atoms with Crippen LogP contribution < -0.4 is 4.74 Å². The monoisotopic (exact) mass is 341 g/mol. The lowest BCUT2D eigenvalue weighted by Gasteiger charge is -2.14. The van der Waals surface area contributed by atoms with E-state index in [-0.39, 0.29) is 0 Å². The zero-order valence-electron chi connectivity index (χ0n) is 9.30. The molecule has 17 heavy (non-hydrogen) atoms. The van der Waals surface area contributed by atoms with Gasteiger partial charge in [0.2, 0.25) is 0 Å². The van der Waals surface area contributed by atoms with Crippen LogP contribution in [-0.4, -0.2) is 17.2 Å². The molecule has 0 spiro atoms. The number of rotatable bonds is 3. The van der Waals surface area contributed by atoms with Gasteiger partial charge in [-0.15, -0.1) is 0 Å². The van der Waals surface area contributed by atoms with E-state index in [1.807, 2.05) is 24.3 Å². The quantitative estimate of drug-likeness (QED) is 0.873. The van der Waals surface area contributed by atoms with Crippen molar-refractivity contribution in [1.82, 2.24) is 4.98 Å². The van der Waals surface area contributed by atoms with Crippen molar-refractivity contribution in [3.63, 3.8) is 0 Å². The van der Waals surface area contributed by atoms with Crippen LogP contribution in [0, 0.1) is 3.57 Å². The van der Waals surface area contributed by atoms with Crippen molar-refractivity contribution in [1.29, 1.82) is 0 Å². The maximum atomic E-state index is 10.3. The Bertz CT molecular complexity index is 516. The van der Waals surface area contributed by atoms with Gasteiger partial charge in [0.25, 0.3) is 0 Å². The standard InChI is InChI=1S/C13H12INO2/c1-17-11-7-4-8-15-12(11)13(16)9-5-2-3-6-10(9)14/h2-8,13,16H,1H3. The topological polar surface area (TPSA) is 42.4 Å². The molecule has 1 heterocycles. The molecule has 1 N–H and O–H groups in total. The number of pyridine rings is 1. The molecule has 0 amide bonds. The molecular weight excluding hydrogens is 329 g/mol. The van der Waals surface area contributed by atoms with Crippen LogP contribution in [0.4, 0.5) is 0 Å². The van der Waals surface area contributed by atoms with Crippen molar-refractivity contribution in [3.8, 4) is 5.75 Å². The van der Waals surface area contributed by atoms with Gasteiger partial charge < -0.3 is 9.84 Å². The third-order valence-corrected chi connectivity index (χ3v) is 3.46. The smallest absolute Gasteiger partial charge is 0.143 e. The summed E-state index contributed by atoms with van der Waals surface area (Å²) >= 11 is 2.20. The van der Waals surface area contributed by atoms with Gasteiger partial charge in [0.05, 0.1) is 7.11 Å². The van der Waals surface area contributed by atoms with Gasteiger partial charge in [-0.05, 0) is 46.4 Å². The summed E-state index contributed by atoms with van der Waals surface area (Å²) in [7, 11) is 1.57. The summed E-state index contributed by atoms with van der Waals surface area (Å²) in [6, 6.07) is 11.3. The fraction of sp³-hybridized carbons (Fsp3) is 0.154. The number of aromatic nitrogens is 1. The Morgan fingerprint density at radius 2 is 2.00 bits per heavy atom. The lowest BCUT2D eigenvalue weighted by molar-refractivity contribution is 0.208. The molecule has 4 heteroatoms. The van der Waals surface area contributed by atoms with Gasteiger partial charge in [-0.3, -0.25) is 4.98 Å². The van der Waals surface area contributed by atoms with E-state index in [1.165, 1.54) is 0 Å². The predicted molar refractivity (Wildman–Crippen MR) is 74.0 cm³/mol. The van der Waals surface area contributed by atoms with Crippen LogP contribution in [0.5, 0.6) is 5.75 Å². The molecular formula is C13H12INO2. The zero-order valence-corrected chi connectivity index (χ0v) is 11.5. The number of hydrogen-bond acceptors (Lipinski definition) is 3. The molecule has 0 aliphatic rings. The van der Waals surface area contributed by atoms with Crippen LogP contribution in [0.3, 0.4) is 0 Å². The van der Waals surface area contributed by atoms with Crippen molar-refractivity contribution in [2.45, 2.75) is 6.10 Å². The molecule has 3 nitrogen and oxygen atoms in total. The molecule has 0 aliphatic heterocycles. The number of ether oxygens (including phenoxy) is 1. The van der Waals surface area contributed by atoms with Crippen molar-refractivity contribution >= 4 is 22.6 Å². The number of halogens is 1. The first-order chi connectivity index (χ1) is 8.24. The molecule has 0 saturated carbocycles. The Hall–Kier alpha value is -1.14. The Labute approximate surface area is 114 Å². The van der Waals surface area contributed by atoms with Crippen molar-refractivity contribution in [3.05, 3.63) is 57.4 Å². The molecule has 0 bridgehead atoms. The minimum absolute atomic E-state index is 0.541. The minimum Gasteiger partial charge on any atom is -0.495 e. The normalized spacial score (nSPS) is 12.2. The van der Waals surface area contributed by atoms with Crippen LogP contribution in [0.15, 0.2) is 42.6 Å². The summed E-state index contributed by atoms with van der Waals surface area (Å²) in [6.07, 6.45) is 0.885. The van der Waals surface area contributed by atoms with Crippen LogP contribution in [0.1, 0.15) is 17.4 Å². The third kappa shape index (κ3) is 2.58. The van der Waals surface area contributed by atoms with E-state index in [4.69, 9.17) is 4.74 Å². The van der Waals surface area contributed by atoms with E-state index in [0.717, 1.165) is 9.13 Å². The van der Waals surface area contributed by atoms with Crippen LogP contribution in [0.25, 0.3) is 0 Å². The second kappa shape index (κ2) is 5.46. The van der Waals surface area contributed by atoms with E-state index in [0.29, 0.717) is 11.4 Å². The highest BCUT2D eigenvalue weighted by Gasteiger charge is 2.18. The Morgan fingerprint density at radius 3 is 2.71 bits per heavy atom. The maximum Gasteiger partial charge on any atom is 0.143 e. The molecule has 2 aromatic rings.